The third-order valence-corrected chi connectivity index (χ3v) is 5.92. The molecule has 2 saturated heterocycles. The number of aliphatic imine (C=N–C) groups is 1. The minimum absolute atomic E-state index is 0.226. The number of pyridine rings is 1. The van der Waals surface area contributed by atoms with Crippen LogP contribution in [0.3, 0.4) is 0 Å². The van der Waals surface area contributed by atoms with E-state index in [9.17, 15) is 5.11 Å². The van der Waals surface area contributed by atoms with Crippen molar-refractivity contribution in [3.8, 4) is 5.75 Å². The van der Waals surface area contributed by atoms with Crippen LogP contribution >= 0.6 is 0 Å². The summed E-state index contributed by atoms with van der Waals surface area (Å²) in [5.74, 6) is 2.27. The maximum Gasteiger partial charge on any atom is 0.194 e. The first-order chi connectivity index (χ1) is 15.6. The van der Waals surface area contributed by atoms with Gasteiger partial charge in [-0.25, -0.2) is 9.98 Å². The van der Waals surface area contributed by atoms with E-state index in [4.69, 9.17) is 9.73 Å². The average Bonchev–Trinajstić information content (AvgIpc) is 2.82. The number of anilines is 2. The van der Waals surface area contributed by atoms with Crippen LogP contribution in [0.15, 0.2) is 47.6 Å². The summed E-state index contributed by atoms with van der Waals surface area (Å²) in [6.45, 7) is 11.5. The Hall–Kier alpha value is -3.00. The number of phenols is 1. The van der Waals surface area contributed by atoms with Crippen LogP contribution in [0, 0.1) is 0 Å². The normalized spacial score (nSPS) is 19.9. The Labute approximate surface area is 190 Å². The molecule has 172 valence electrons. The number of phenolic OH excluding ortho intramolecular Hbond substituents is 1. The molecule has 0 spiro atoms. The van der Waals surface area contributed by atoms with E-state index >= 15 is 0 Å². The summed E-state index contributed by atoms with van der Waals surface area (Å²) in [4.78, 5) is 16.3. The molecule has 2 fully saturated rings. The zero-order valence-corrected chi connectivity index (χ0v) is 19.1. The van der Waals surface area contributed by atoms with E-state index < -0.39 is 0 Å². The van der Waals surface area contributed by atoms with Crippen molar-refractivity contribution >= 4 is 17.5 Å². The van der Waals surface area contributed by atoms with Gasteiger partial charge in [0.15, 0.2) is 5.96 Å². The van der Waals surface area contributed by atoms with Crippen molar-refractivity contribution in [2.75, 3.05) is 62.2 Å². The van der Waals surface area contributed by atoms with Gasteiger partial charge in [-0.2, -0.15) is 0 Å². The number of ether oxygens (including phenoxy) is 1. The van der Waals surface area contributed by atoms with Gasteiger partial charge in [0.25, 0.3) is 0 Å². The number of piperazine rings is 1. The van der Waals surface area contributed by atoms with Crippen LogP contribution in [0.2, 0.25) is 0 Å². The van der Waals surface area contributed by atoms with E-state index in [1.807, 2.05) is 30.5 Å². The quantitative estimate of drug-likeness (QED) is 0.548. The zero-order valence-electron chi connectivity index (χ0n) is 19.1. The highest BCUT2D eigenvalue weighted by molar-refractivity contribution is 5.80. The molecule has 0 amide bonds. The van der Waals surface area contributed by atoms with Gasteiger partial charge in [-0.15, -0.1) is 0 Å². The number of benzene rings is 1. The van der Waals surface area contributed by atoms with Crippen molar-refractivity contribution in [3.05, 3.63) is 48.2 Å². The smallest absolute Gasteiger partial charge is 0.194 e. The summed E-state index contributed by atoms with van der Waals surface area (Å²) in [5, 5.41) is 13.6. The fraction of sp³-hybridized carbons (Fsp3) is 0.500. The van der Waals surface area contributed by atoms with Crippen LogP contribution in [0.1, 0.15) is 19.4 Å². The maximum absolute atomic E-state index is 10.2. The van der Waals surface area contributed by atoms with Gasteiger partial charge < -0.3 is 29.9 Å². The Morgan fingerprint density at radius 3 is 2.72 bits per heavy atom. The van der Waals surface area contributed by atoms with Gasteiger partial charge in [0.05, 0.1) is 24.9 Å². The van der Waals surface area contributed by atoms with Crippen LogP contribution in [0.5, 0.6) is 5.75 Å². The lowest BCUT2D eigenvalue weighted by Crippen LogP contribution is -2.52. The number of aromatic nitrogens is 1. The Bertz CT molecular complexity index is 913. The second kappa shape index (κ2) is 10.5. The lowest BCUT2D eigenvalue weighted by molar-refractivity contribution is 0.0529. The van der Waals surface area contributed by atoms with Crippen molar-refractivity contribution in [1.82, 2.24) is 15.2 Å². The van der Waals surface area contributed by atoms with Crippen molar-refractivity contribution in [1.29, 1.82) is 0 Å². The van der Waals surface area contributed by atoms with Gasteiger partial charge >= 0.3 is 0 Å². The molecule has 1 aromatic carbocycles. The fourth-order valence-electron chi connectivity index (χ4n) is 4.24. The van der Waals surface area contributed by atoms with Crippen LogP contribution in [0.4, 0.5) is 11.5 Å². The largest absolute Gasteiger partial charge is 0.506 e. The summed E-state index contributed by atoms with van der Waals surface area (Å²) in [5.41, 5.74) is 2.05. The first kappa shape index (κ1) is 22.2. The van der Waals surface area contributed by atoms with Crippen LogP contribution in [-0.4, -0.2) is 79.5 Å². The molecule has 0 bridgehead atoms. The molecule has 0 aliphatic carbocycles. The highest BCUT2D eigenvalue weighted by Gasteiger charge is 2.21. The molecular formula is C24H34N6O2. The Balaban J connectivity index is 1.39. The predicted molar refractivity (Wildman–Crippen MR) is 129 cm³/mol. The SMILES string of the molecule is CCNC(=NCc1ccnc(N2CCOC(C)C2)c1)N1CCN(c2ccccc2O)CC1. The summed E-state index contributed by atoms with van der Waals surface area (Å²) in [7, 11) is 0. The predicted octanol–water partition coefficient (Wildman–Crippen LogP) is 2.30. The van der Waals surface area contributed by atoms with Crippen molar-refractivity contribution in [2.45, 2.75) is 26.5 Å². The highest BCUT2D eigenvalue weighted by Crippen LogP contribution is 2.27. The number of para-hydroxylation sites is 2. The monoisotopic (exact) mass is 438 g/mol. The Morgan fingerprint density at radius 1 is 1.16 bits per heavy atom. The second-order valence-corrected chi connectivity index (χ2v) is 8.28. The van der Waals surface area contributed by atoms with Gasteiger partial charge in [-0.3, -0.25) is 0 Å². The van der Waals surface area contributed by atoms with Crippen LogP contribution in [-0.2, 0) is 11.3 Å². The summed E-state index contributed by atoms with van der Waals surface area (Å²) in [6.07, 6.45) is 2.10. The number of morpholine rings is 1. The first-order valence-electron chi connectivity index (χ1n) is 11.5. The van der Waals surface area contributed by atoms with Gasteiger partial charge in [-0.1, -0.05) is 12.1 Å². The fourth-order valence-corrected chi connectivity index (χ4v) is 4.24. The maximum atomic E-state index is 10.2. The second-order valence-electron chi connectivity index (χ2n) is 8.28. The average molecular weight is 439 g/mol. The minimum atomic E-state index is 0.226. The molecular weight excluding hydrogens is 404 g/mol. The number of hydrogen-bond donors (Lipinski definition) is 2. The molecule has 1 aromatic heterocycles. The van der Waals surface area contributed by atoms with E-state index in [0.29, 0.717) is 12.3 Å². The molecule has 0 radical (unpaired) electrons. The number of hydrogen-bond acceptors (Lipinski definition) is 6. The highest BCUT2D eigenvalue weighted by atomic mass is 16.5. The topological polar surface area (TPSA) is 76.5 Å². The van der Waals surface area contributed by atoms with Gasteiger partial charge in [0.1, 0.15) is 11.6 Å². The number of nitrogens with zero attached hydrogens (tertiary/aromatic N) is 5. The van der Waals surface area contributed by atoms with E-state index in [-0.39, 0.29) is 6.10 Å². The van der Waals surface area contributed by atoms with Crippen LogP contribution in [0.25, 0.3) is 0 Å². The number of guanidine groups is 1. The number of nitrogens with one attached hydrogen (secondary N) is 1. The molecule has 1 atom stereocenters. The van der Waals surface area contributed by atoms with E-state index in [2.05, 4.69) is 44.9 Å². The van der Waals surface area contributed by atoms with Gasteiger partial charge in [-0.05, 0) is 43.7 Å². The molecule has 2 aliphatic heterocycles. The molecule has 2 aliphatic rings. The summed E-state index contributed by atoms with van der Waals surface area (Å²) in [6, 6.07) is 11.7. The van der Waals surface area contributed by atoms with Crippen LogP contribution < -0.4 is 15.1 Å². The molecule has 8 nitrogen and oxygen atoms in total. The Kier molecular flexibility index (Phi) is 7.32. The zero-order chi connectivity index (χ0) is 22.3. The van der Waals surface area contributed by atoms with Crippen molar-refractivity contribution in [2.24, 2.45) is 4.99 Å². The molecule has 32 heavy (non-hydrogen) atoms. The van der Waals surface area contributed by atoms with E-state index in [0.717, 1.165) is 75.4 Å². The molecule has 2 aromatic rings. The standard InChI is InChI=1S/C24H34N6O2/c1-3-25-24(29-12-10-28(11-13-29)21-6-4-5-7-22(21)31)27-17-20-8-9-26-23(16-20)30-14-15-32-19(2)18-30/h4-9,16,19,31H,3,10-15,17-18H2,1-2H3,(H,25,27). The molecule has 0 saturated carbocycles. The molecule has 3 heterocycles. The van der Waals surface area contributed by atoms with Crippen molar-refractivity contribution < 1.29 is 9.84 Å². The minimum Gasteiger partial charge on any atom is -0.506 e. The summed E-state index contributed by atoms with van der Waals surface area (Å²) < 4.78 is 5.65. The van der Waals surface area contributed by atoms with E-state index in [1.54, 1.807) is 6.07 Å². The van der Waals surface area contributed by atoms with Gasteiger partial charge in [0, 0.05) is 52.0 Å². The third-order valence-electron chi connectivity index (χ3n) is 5.92. The number of aromatic hydroxyl groups is 1. The number of rotatable bonds is 5. The molecule has 4 rings (SSSR count). The molecule has 8 heteroatoms. The van der Waals surface area contributed by atoms with Gasteiger partial charge in [0.2, 0.25) is 0 Å². The van der Waals surface area contributed by atoms with Crippen molar-refractivity contribution in [3.63, 3.8) is 0 Å². The third kappa shape index (κ3) is 5.43. The summed E-state index contributed by atoms with van der Waals surface area (Å²) >= 11 is 0. The lowest BCUT2D eigenvalue weighted by atomic mass is 10.2. The Morgan fingerprint density at radius 2 is 1.97 bits per heavy atom. The lowest BCUT2D eigenvalue weighted by Gasteiger charge is -2.37. The molecule has 2 N–H and O–H groups in total. The first-order valence-corrected chi connectivity index (χ1v) is 11.5. The molecule has 1 unspecified atom stereocenters. The van der Waals surface area contributed by atoms with E-state index in [1.165, 1.54) is 0 Å².